The molecule has 3 aromatic rings. The highest BCUT2D eigenvalue weighted by molar-refractivity contribution is 7.18. The zero-order valence-electron chi connectivity index (χ0n) is 13.4. The van der Waals surface area contributed by atoms with Gasteiger partial charge in [0.2, 0.25) is 5.91 Å². The first kappa shape index (κ1) is 15.3. The van der Waals surface area contributed by atoms with Crippen molar-refractivity contribution in [1.82, 2.24) is 19.4 Å². The van der Waals surface area contributed by atoms with Crippen LogP contribution in [0.2, 0.25) is 0 Å². The molecule has 1 unspecified atom stereocenters. The van der Waals surface area contributed by atoms with Crippen molar-refractivity contribution in [3.05, 3.63) is 47.5 Å². The van der Waals surface area contributed by atoms with Crippen molar-refractivity contribution in [3.8, 4) is 0 Å². The van der Waals surface area contributed by atoms with E-state index in [2.05, 4.69) is 11.1 Å². The van der Waals surface area contributed by atoms with Crippen LogP contribution in [0, 0.1) is 6.92 Å². The molecule has 2 aromatic heterocycles. The Balaban J connectivity index is 1.60. The van der Waals surface area contributed by atoms with Crippen LogP contribution in [0.5, 0.6) is 0 Å². The number of ether oxygens (including phenoxy) is 1. The van der Waals surface area contributed by atoms with Gasteiger partial charge in [0.15, 0.2) is 0 Å². The van der Waals surface area contributed by atoms with Crippen molar-refractivity contribution in [2.75, 3.05) is 19.8 Å². The number of para-hydroxylation sites is 1. The maximum Gasteiger partial charge on any atom is 0.243 e. The lowest BCUT2D eigenvalue weighted by Gasteiger charge is -2.34. The number of hydrogen-bond acceptors (Lipinski definition) is 5. The number of carbonyl (C=O) groups excluding carboxylic acids is 1. The lowest BCUT2D eigenvalue weighted by Crippen LogP contribution is -2.44. The number of carbonyl (C=O) groups is 1. The van der Waals surface area contributed by atoms with Gasteiger partial charge in [-0.25, -0.2) is 9.97 Å². The van der Waals surface area contributed by atoms with E-state index >= 15 is 0 Å². The Bertz CT molecular complexity index is 839. The minimum atomic E-state index is -0.118. The molecule has 0 bridgehead atoms. The monoisotopic (exact) mass is 342 g/mol. The SMILES string of the molecule is Cc1nccn1CC(=O)N1CCOCC1c1nc2ccccc2s1. The minimum Gasteiger partial charge on any atom is -0.377 e. The van der Waals surface area contributed by atoms with Gasteiger partial charge in [-0.2, -0.15) is 0 Å². The molecule has 1 amide bonds. The third-order valence-corrected chi connectivity index (χ3v) is 5.41. The molecule has 1 atom stereocenters. The Morgan fingerprint density at radius 1 is 1.42 bits per heavy atom. The number of amides is 1. The van der Waals surface area contributed by atoms with E-state index in [9.17, 15) is 4.79 Å². The van der Waals surface area contributed by atoms with Gasteiger partial charge in [-0.15, -0.1) is 11.3 Å². The molecule has 4 rings (SSSR count). The molecule has 1 saturated heterocycles. The lowest BCUT2D eigenvalue weighted by molar-refractivity contribution is -0.140. The maximum absolute atomic E-state index is 12.8. The molecule has 3 heterocycles. The first-order chi connectivity index (χ1) is 11.7. The molecule has 0 saturated carbocycles. The molecule has 7 heteroatoms. The van der Waals surface area contributed by atoms with Crippen LogP contribution in [-0.2, 0) is 16.1 Å². The number of fused-ring (bicyclic) bond motifs is 1. The van der Waals surface area contributed by atoms with Crippen molar-refractivity contribution >= 4 is 27.5 Å². The lowest BCUT2D eigenvalue weighted by atomic mass is 10.2. The molecule has 24 heavy (non-hydrogen) atoms. The largest absolute Gasteiger partial charge is 0.377 e. The van der Waals surface area contributed by atoms with Gasteiger partial charge in [0.1, 0.15) is 23.4 Å². The van der Waals surface area contributed by atoms with Gasteiger partial charge in [0.05, 0.1) is 23.4 Å². The standard InChI is InChI=1S/C17H18N4O2S/c1-12-18-6-7-20(12)10-16(22)21-8-9-23-11-14(21)17-19-13-4-2-3-5-15(13)24-17/h2-7,14H,8-11H2,1H3. The Kier molecular flexibility index (Phi) is 4.03. The van der Waals surface area contributed by atoms with Gasteiger partial charge in [-0.1, -0.05) is 12.1 Å². The van der Waals surface area contributed by atoms with Crippen LogP contribution in [0.3, 0.4) is 0 Å². The van der Waals surface area contributed by atoms with Crippen molar-refractivity contribution in [1.29, 1.82) is 0 Å². The highest BCUT2D eigenvalue weighted by atomic mass is 32.1. The molecule has 124 valence electrons. The summed E-state index contributed by atoms with van der Waals surface area (Å²) in [4.78, 5) is 23.6. The van der Waals surface area contributed by atoms with E-state index in [1.165, 1.54) is 0 Å². The Morgan fingerprint density at radius 3 is 3.08 bits per heavy atom. The number of rotatable bonds is 3. The van der Waals surface area contributed by atoms with Gasteiger partial charge in [-0.3, -0.25) is 4.79 Å². The molecule has 1 aliphatic rings. The van der Waals surface area contributed by atoms with E-state index in [1.54, 1.807) is 17.5 Å². The highest BCUT2D eigenvalue weighted by Gasteiger charge is 2.31. The second kappa shape index (κ2) is 6.33. The fourth-order valence-electron chi connectivity index (χ4n) is 2.95. The number of morpholine rings is 1. The minimum absolute atomic E-state index is 0.0728. The molecule has 6 nitrogen and oxygen atoms in total. The average molecular weight is 342 g/mol. The predicted molar refractivity (Wildman–Crippen MR) is 91.9 cm³/mol. The van der Waals surface area contributed by atoms with Crippen LogP contribution in [0.25, 0.3) is 10.2 Å². The van der Waals surface area contributed by atoms with Gasteiger partial charge >= 0.3 is 0 Å². The third kappa shape index (κ3) is 2.81. The van der Waals surface area contributed by atoms with Crippen molar-refractivity contribution in [2.45, 2.75) is 19.5 Å². The molecular formula is C17H18N4O2S. The van der Waals surface area contributed by atoms with Crippen LogP contribution < -0.4 is 0 Å². The Labute approximate surface area is 143 Å². The fourth-order valence-corrected chi connectivity index (χ4v) is 4.01. The van der Waals surface area contributed by atoms with Crippen LogP contribution in [0.15, 0.2) is 36.7 Å². The van der Waals surface area contributed by atoms with Gasteiger partial charge < -0.3 is 14.2 Å². The van der Waals surface area contributed by atoms with E-state index < -0.39 is 0 Å². The first-order valence-corrected chi connectivity index (χ1v) is 8.74. The summed E-state index contributed by atoms with van der Waals surface area (Å²) in [6.07, 6.45) is 3.55. The molecule has 0 aliphatic carbocycles. The summed E-state index contributed by atoms with van der Waals surface area (Å²) >= 11 is 1.63. The molecule has 1 aromatic carbocycles. The van der Waals surface area contributed by atoms with Crippen LogP contribution in [0.1, 0.15) is 16.9 Å². The number of benzene rings is 1. The van der Waals surface area contributed by atoms with Gasteiger partial charge in [-0.05, 0) is 19.1 Å². The number of aromatic nitrogens is 3. The second-order valence-corrected chi connectivity index (χ2v) is 6.86. The quantitative estimate of drug-likeness (QED) is 0.733. The van der Waals surface area contributed by atoms with E-state index in [1.807, 2.05) is 40.8 Å². The number of thiazole rings is 1. The molecule has 0 N–H and O–H groups in total. The summed E-state index contributed by atoms with van der Waals surface area (Å²) in [5.41, 5.74) is 0.973. The first-order valence-electron chi connectivity index (χ1n) is 7.93. The van der Waals surface area contributed by atoms with Gasteiger partial charge in [0.25, 0.3) is 0 Å². The zero-order chi connectivity index (χ0) is 16.5. The van der Waals surface area contributed by atoms with Crippen molar-refractivity contribution in [3.63, 3.8) is 0 Å². The molecule has 0 spiro atoms. The summed E-state index contributed by atoms with van der Waals surface area (Å²) in [6.45, 7) is 3.85. The van der Waals surface area contributed by atoms with Gasteiger partial charge in [0, 0.05) is 18.9 Å². The summed E-state index contributed by atoms with van der Waals surface area (Å²) < 4.78 is 8.63. The average Bonchev–Trinajstić information content (AvgIpc) is 3.21. The molecule has 1 aliphatic heterocycles. The smallest absolute Gasteiger partial charge is 0.243 e. The number of aryl methyl sites for hydroxylation is 1. The number of hydrogen-bond donors (Lipinski definition) is 0. The number of nitrogens with zero attached hydrogens (tertiary/aromatic N) is 4. The Morgan fingerprint density at radius 2 is 2.29 bits per heavy atom. The summed E-state index contributed by atoms with van der Waals surface area (Å²) in [7, 11) is 0. The van der Waals surface area contributed by atoms with Crippen LogP contribution in [-0.4, -0.2) is 45.1 Å². The van der Waals surface area contributed by atoms with E-state index in [-0.39, 0.29) is 11.9 Å². The van der Waals surface area contributed by atoms with Crippen LogP contribution >= 0.6 is 11.3 Å². The van der Waals surface area contributed by atoms with Crippen molar-refractivity contribution in [2.24, 2.45) is 0 Å². The highest BCUT2D eigenvalue weighted by Crippen LogP contribution is 2.31. The summed E-state index contributed by atoms with van der Waals surface area (Å²) in [5, 5.41) is 0.937. The third-order valence-electron chi connectivity index (χ3n) is 4.27. The molecular weight excluding hydrogens is 324 g/mol. The topological polar surface area (TPSA) is 60.2 Å². The predicted octanol–water partition coefficient (Wildman–Crippen LogP) is 2.40. The normalized spacial score (nSPS) is 18.2. The maximum atomic E-state index is 12.8. The Hall–Kier alpha value is -2.25. The van der Waals surface area contributed by atoms with E-state index in [4.69, 9.17) is 9.72 Å². The summed E-state index contributed by atoms with van der Waals surface area (Å²) in [5.74, 6) is 0.914. The summed E-state index contributed by atoms with van der Waals surface area (Å²) in [6, 6.07) is 7.93. The van der Waals surface area contributed by atoms with E-state index in [0.717, 1.165) is 21.0 Å². The van der Waals surface area contributed by atoms with E-state index in [0.29, 0.717) is 26.3 Å². The van der Waals surface area contributed by atoms with Crippen LogP contribution in [0.4, 0.5) is 0 Å². The zero-order valence-corrected chi connectivity index (χ0v) is 14.2. The second-order valence-electron chi connectivity index (χ2n) is 5.80. The molecule has 0 radical (unpaired) electrons. The molecule has 1 fully saturated rings. The van der Waals surface area contributed by atoms with Crippen molar-refractivity contribution < 1.29 is 9.53 Å². The fraction of sp³-hybridized carbons (Fsp3) is 0.353. The number of imidazole rings is 1.